The van der Waals surface area contributed by atoms with E-state index in [1.165, 1.54) is 0 Å². The molecule has 140 valence electrons. The Kier molecular flexibility index (Phi) is 5.18. The zero-order valence-corrected chi connectivity index (χ0v) is 16.2. The molecule has 0 spiro atoms. The van der Waals surface area contributed by atoms with Gasteiger partial charge in [0.15, 0.2) is 0 Å². The Hall–Kier alpha value is -2.32. The van der Waals surface area contributed by atoms with Crippen LogP contribution in [-0.2, 0) is 22.7 Å². The summed E-state index contributed by atoms with van der Waals surface area (Å²) in [5.41, 5.74) is 1.49. The van der Waals surface area contributed by atoms with E-state index in [2.05, 4.69) is 5.32 Å². The molecule has 2 aliphatic rings. The average molecular weight is 402 g/mol. The molecule has 1 N–H and O–H groups in total. The van der Waals surface area contributed by atoms with Crippen LogP contribution >= 0.6 is 23.1 Å². The van der Waals surface area contributed by atoms with E-state index in [0.717, 1.165) is 10.4 Å². The van der Waals surface area contributed by atoms with E-state index in [9.17, 15) is 14.4 Å². The zero-order valence-electron chi connectivity index (χ0n) is 14.6. The maximum Gasteiger partial charge on any atom is 0.251 e. The summed E-state index contributed by atoms with van der Waals surface area (Å²) >= 11 is 3.22. The third-order valence-corrected chi connectivity index (χ3v) is 6.61. The summed E-state index contributed by atoms with van der Waals surface area (Å²) in [4.78, 5) is 41.4. The summed E-state index contributed by atoms with van der Waals surface area (Å²) in [5.74, 6) is 1.17. The van der Waals surface area contributed by atoms with Crippen molar-refractivity contribution in [2.45, 2.75) is 19.1 Å². The Bertz CT molecular complexity index is 852. The van der Waals surface area contributed by atoms with Crippen LogP contribution in [0.3, 0.4) is 0 Å². The number of amides is 3. The lowest BCUT2D eigenvalue weighted by atomic mass is 10.1. The molecule has 3 heterocycles. The number of nitrogens with one attached hydrogen (secondary N) is 1. The topological polar surface area (TPSA) is 69.7 Å². The maximum atomic E-state index is 12.6. The van der Waals surface area contributed by atoms with Gasteiger partial charge in [0.1, 0.15) is 12.6 Å². The molecule has 27 heavy (non-hydrogen) atoms. The first-order valence-electron chi connectivity index (χ1n) is 8.67. The summed E-state index contributed by atoms with van der Waals surface area (Å²) in [6, 6.07) is 10.8. The zero-order chi connectivity index (χ0) is 18.8. The first-order chi connectivity index (χ1) is 13.1. The van der Waals surface area contributed by atoms with Crippen molar-refractivity contribution in [3.8, 4) is 0 Å². The molecule has 1 aromatic heterocycles. The van der Waals surface area contributed by atoms with Gasteiger partial charge in [0, 0.05) is 22.7 Å². The number of thiophene rings is 1. The standard InChI is InChI=1S/C19H19N3O3S2/c23-17-10-21(19(25)16-11-26-12-22(16)17)9-13-3-5-14(6-4-13)18(24)20-8-15-2-1-7-27-15/h1-7,16H,8-12H2,(H,20,24)/t16-/m1/s1. The van der Waals surface area contributed by atoms with Gasteiger partial charge in [-0.3, -0.25) is 14.4 Å². The molecule has 0 radical (unpaired) electrons. The summed E-state index contributed by atoms with van der Waals surface area (Å²) in [6.45, 7) is 1.02. The number of fused-ring (bicyclic) bond motifs is 1. The van der Waals surface area contributed by atoms with E-state index in [1.807, 2.05) is 29.6 Å². The summed E-state index contributed by atoms with van der Waals surface area (Å²) < 4.78 is 0. The highest BCUT2D eigenvalue weighted by atomic mass is 32.2. The SMILES string of the molecule is O=C(NCc1cccs1)c1ccc(CN2CC(=O)N3CSC[C@@H]3C2=O)cc1. The first-order valence-corrected chi connectivity index (χ1v) is 10.7. The Balaban J connectivity index is 1.37. The molecule has 2 fully saturated rings. The summed E-state index contributed by atoms with van der Waals surface area (Å²) in [7, 11) is 0. The molecule has 2 saturated heterocycles. The van der Waals surface area contributed by atoms with Crippen molar-refractivity contribution in [3.63, 3.8) is 0 Å². The van der Waals surface area contributed by atoms with Crippen molar-refractivity contribution in [2.24, 2.45) is 0 Å². The smallest absolute Gasteiger partial charge is 0.251 e. The molecule has 0 aliphatic carbocycles. The number of rotatable bonds is 5. The summed E-state index contributed by atoms with van der Waals surface area (Å²) in [6.07, 6.45) is 0. The number of benzene rings is 1. The van der Waals surface area contributed by atoms with Crippen LogP contribution in [0.5, 0.6) is 0 Å². The number of thioether (sulfide) groups is 1. The van der Waals surface area contributed by atoms with Crippen LogP contribution in [0.1, 0.15) is 20.8 Å². The van der Waals surface area contributed by atoms with E-state index >= 15 is 0 Å². The molecule has 1 atom stereocenters. The molecule has 3 amide bonds. The minimum absolute atomic E-state index is 0.00850. The fourth-order valence-corrected chi connectivity index (χ4v) is 5.05. The monoisotopic (exact) mass is 401 g/mol. The van der Waals surface area contributed by atoms with Crippen molar-refractivity contribution >= 4 is 40.8 Å². The minimum atomic E-state index is -0.321. The highest BCUT2D eigenvalue weighted by Gasteiger charge is 2.42. The van der Waals surface area contributed by atoms with E-state index in [1.54, 1.807) is 45.0 Å². The lowest BCUT2D eigenvalue weighted by Crippen LogP contribution is -2.57. The van der Waals surface area contributed by atoms with E-state index < -0.39 is 0 Å². The Labute approximate surface area is 165 Å². The largest absolute Gasteiger partial charge is 0.347 e. The van der Waals surface area contributed by atoms with Crippen LogP contribution in [0, 0.1) is 0 Å². The molecule has 8 heteroatoms. The van der Waals surface area contributed by atoms with Crippen molar-refractivity contribution in [2.75, 3.05) is 18.2 Å². The molecule has 0 unspecified atom stereocenters. The third kappa shape index (κ3) is 3.86. The first kappa shape index (κ1) is 18.1. The molecular formula is C19H19N3O3S2. The highest BCUT2D eigenvalue weighted by Crippen LogP contribution is 2.26. The van der Waals surface area contributed by atoms with Crippen molar-refractivity contribution in [1.82, 2.24) is 15.1 Å². The minimum Gasteiger partial charge on any atom is -0.347 e. The van der Waals surface area contributed by atoms with Crippen molar-refractivity contribution in [1.29, 1.82) is 0 Å². The second-order valence-electron chi connectivity index (χ2n) is 6.53. The predicted octanol–water partition coefficient (Wildman–Crippen LogP) is 1.92. The Morgan fingerprint density at radius 2 is 2.00 bits per heavy atom. The van der Waals surface area contributed by atoms with Crippen LogP contribution < -0.4 is 5.32 Å². The van der Waals surface area contributed by atoms with Crippen LogP contribution in [0.15, 0.2) is 41.8 Å². The van der Waals surface area contributed by atoms with E-state index in [-0.39, 0.29) is 30.3 Å². The van der Waals surface area contributed by atoms with Crippen LogP contribution in [-0.4, -0.2) is 51.7 Å². The van der Waals surface area contributed by atoms with Gasteiger partial charge in [-0.25, -0.2) is 0 Å². The molecule has 2 aromatic rings. The Morgan fingerprint density at radius 3 is 2.74 bits per heavy atom. The molecule has 0 bridgehead atoms. The molecule has 4 rings (SSSR count). The summed E-state index contributed by atoms with van der Waals surface area (Å²) in [5, 5.41) is 4.87. The second-order valence-corrected chi connectivity index (χ2v) is 8.56. The maximum absolute atomic E-state index is 12.6. The average Bonchev–Trinajstić information content (AvgIpc) is 3.36. The molecule has 0 saturated carbocycles. The highest BCUT2D eigenvalue weighted by molar-refractivity contribution is 7.99. The number of piperazine rings is 1. The van der Waals surface area contributed by atoms with Crippen LogP contribution in [0.2, 0.25) is 0 Å². The van der Waals surface area contributed by atoms with Gasteiger partial charge < -0.3 is 15.1 Å². The van der Waals surface area contributed by atoms with E-state index in [4.69, 9.17) is 0 Å². The normalized spacial score (nSPS) is 19.3. The molecule has 6 nitrogen and oxygen atoms in total. The van der Waals surface area contributed by atoms with Gasteiger partial charge in [-0.1, -0.05) is 18.2 Å². The van der Waals surface area contributed by atoms with Gasteiger partial charge in [0.05, 0.1) is 12.4 Å². The predicted molar refractivity (Wildman–Crippen MR) is 105 cm³/mol. The van der Waals surface area contributed by atoms with Gasteiger partial charge in [0.2, 0.25) is 11.8 Å². The number of hydrogen-bond acceptors (Lipinski definition) is 5. The quantitative estimate of drug-likeness (QED) is 0.831. The van der Waals surface area contributed by atoms with Gasteiger partial charge >= 0.3 is 0 Å². The lowest BCUT2D eigenvalue weighted by molar-refractivity contribution is -0.153. The Morgan fingerprint density at radius 1 is 1.19 bits per heavy atom. The van der Waals surface area contributed by atoms with Crippen molar-refractivity contribution in [3.05, 3.63) is 57.8 Å². The molecule has 2 aliphatic heterocycles. The van der Waals surface area contributed by atoms with Gasteiger partial charge in [-0.2, -0.15) is 0 Å². The number of carbonyl (C=O) groups is 3. The fourth-order valence-electron chi connectivity index (χ4n) is 3.23. The van der Waals surface area contributed by atoms with Crippen LogP contribution in [0.25, 0.3) is 0 Å². The fraction of sp³-hybridized carbons (Fsp3) is 0.316. The number of hydrogen-bond donors (Lipinski definition) is 1. The molecule has 1 aromatic carbocycles. The number of carbonyl (C=O) groups excluding carboxylic acids is 3. The van der Waals surface area contributed by atoms with Crippen LogP contribution in [0.4, 0.5) is 0 Å². The van der Waals surface area contributed by atoms with Gasteiger partial charge in [-0.15, -0.1) is 23.1 Å². The van der Waals surface area contributed by atoms with Crippen molar-refractivity contribution < 1.29 is 14.4 Å². The number of nitrogens with zero attached hydrogens (tertiary/aromatic N) is 2. The lowest BCUT2D eigenvalue weighted by Gasteiger charge is -2.35. The van der Waals surface area contributed by atoms with E-state index in [0.29, 0.717) is 30.3 Å². The third-order valence-electron chi connectivity index (χ3n) is 4.72. The molecular weight excluding hydrogens is 382 g/mol. The van der Waals surface area contributed by atoms with Gasteiger partial charge in [0.25, 0.3) is 5.91 Å². The van der Waals surface area contributed by atoms with Gasteiger partial charge in [-0.05, 0) is 29.1 Å². The second kappa shape index (κ2) is 7.74.